The van der Waals surface area contributed by atoms with Crippen LogP contribution >= 0.6 is 0 Å². The van der Waals surface area contributed by atoms with Crippen molar-refractivity contribution < 1.29 is 4.74 Å². The van der Waals surface area contributed by atoms with E-state index >= 15 is 0 Å². The van der Waals surface area contributed by atoms with Crippen LogP contribution in [0.5, 0.6) is 11.5 Å². The molecule has 1 atom stereocenters. The molecule has 0 fully saturated rings. The molecule has 5 aromatic carbocycles. The monoisotopic (exact) mass is 756 g/mol. The van der Waals surface area contributed by atoms with Crippen molar-refractivity contribution in [2.75, 3.05) is 0 Å². The Bertz CT molecular complexity index is 3490. The fourth-order valence-corrected chi connectivity index (χ4v) is 9.47. The number of pyridine rings is 2. The summed E-state index contributed by atoms with van der Waals surface area (Å²) in [7, 11) is 0. The molecule has 2 aliphatic rings. The van der Waals surface area contributed by atoms with Crippen molar-refractivity contribution in [2.45, 2.75) is 12.3 Å². The molecule has 0 amide bonds. The largest absolute Gasteiger partial charge is 0.454 e. The number of aromatic nitrogens is 4. The SMILES string of the molecule is C=NC1=C(/C=C\C)C2(c3ccccc3Oc3c(-n4c5ccc(C#N)cc5c5ccncc54)cccc32)c2cc(-n3c4ccc(C#N)cc4c4cc(C#N)ccc43)cnc21. The van der Waals surface area contributed by atoms with Crippen LogP contribution in [-0.2, 0) is 5.41 Å². The third kappa shape index (κ3) is 4.43. The van der Waals surface area contributed by atoms with Crippen LogP contribution in [0, 0.1) is 34.0 Å². The summed E-state index contributed by atoms with van der Waals surface area (Å²) < 4.78 is 11.4. The first-order valence-corrected chi connectivity index (χ1v) is 19.0. The Morgan fingerprint density at radius 3 is 1.98 bits per heavy atom. The van der Waals surface area contributed by atoms with Crippen LogP contribution in [0.2, 0.25) is 0 Å². The molecule has 9 aromatic rings. The zero-order valence-electron chi connectivity index (χ0n) is 31.5. The van der Waals surface area contributed by atoms with Gasteiger partial charge in [0, 0.05) is 44.4 Å². The number of ether oxygens (including phenoxy) is 1. The van der Waals surface area contributed by atoms with E-state index in [-0.39, 0.29) is 0 Å². The summed E-state index contributed by atoms with van der Waals surface area (Å²) in [5.41, 5.74) is 10.8. The fraction of sp³-hybridized carbons (Fsp3) is 0.0400. The summed E-state index contributed by atoms with van der Waals surface area (Å²) in [6.45, 7) is 6.08. The number of fused-ring (bicyclic) bond motifs is 12. The summed E-state index contributed by atoms with van der Waals surface area (Å²) in [6.07, 6.45) is 9.60. The molecule has 0 bridgehead atoms. The quantitative estimate of drug-likeness (QED) is 0.164. The fourth-order valence-electron chi connectivity index (χ4n) is 9.47. The lowest BCUT2D eigenvalue weighted by molar-refractivity contribution is 0.434. The molecule has 1 spiro atoms. The second kappa shape index (κ2) is 12.5. The highest BCUT2D eigenvalue weighted by atomic mass is 16.5. The van der Waals surface area contributed by atoms with E-state index < -0.39 is 5.41 Å². The Labute approximate surface area is 337 Å². The van der Waals surface area contributed by atoms with Crippen molar-refractivity contribution in [3.05, 3.63) is 185 Å². The van der Waals surface area contributed by atoms with Crippen molar-refractivity contribution in [1.29, 1.82) is 15.8 Å². The van der Waals surface area contributed by atoms with Gasteiger partial charge in [0.15, 0.2) is 5.75 Å². The average Bonchev–Trinajstić information content (AvgIpc) is 3.89. The summed E-state index contributed by atoms with van der Waals surface area (Å²) >= 11 is 0. The van der Waals surface area contributed by atoms with Crippen molar-refractivity contribution in [2.24, 2.45) is 4.99 Å². The highest BCUT2D eigenvalue weighted by molar-refractivity contribution is 6.11. The third-order valence-electron chi connectivity index (χ3n) is 11.8. The van der Waals surface area contributed by atoms with Gasteiger partial charge < -0.3 is 13.9 Å². The topological polar surface area (TPSA) is 129 Å². The number of benzene rings is 5. The van der Waals surface area contributed by atoms with Gasteiger partial charge in [-0.05, 0) is 98.1 Å². The second-order valence-corrected chi connectivity index (χ2v) is 14.6. The van der Waals surface area contributed by atoms with E-state index in [2.05, 4.69) is 75.5 Å². The smallest absolute Gasteiger partial charge is 0.156 e. The minimum Gasteiger partial charge on any atom is -0.454 e. The van der Waals surface area contributed by atoms with E-state index in [0.717, 1.165) is 77.2 Å². The Morgan fingerprint density at radius 2 is 1.32 bits per heavy atom. The van der Waals surface area contributed by atoms with Gasteiger partial charge in [-0.3, -0.25) is 15.0 Å². The molecule has 0 saturated heterocycles. The average molecular weight is 757 g/mol. The zero-order chi connectivity index (χ0) is 40.0. The maximum Gasteiger partial charge on any atom is 0.156 e. The molecule has 9 heteroatoms. The Morgan fingerprint density at radius 1 is 0.678 bits per heavy atom. The van der Waals surface area contributed by atoms with Gasteiger partial charge in [0.2, 0.25) is 0 Å². The van der Waals surface area contributed by atoms with Crippen LogP contribution in [0.3, 0.4) is 0 Å². The standard InChI is InChI=1S/C50H28N8O/c1-3-7-38-47(54-2)48-40(23-32(27-56-48)57-41-15-12-30(25-52)21-35(41)36-22-31(26-53)13-16-42(36)57)50(38)37-8-4-5-11-46(37)59-49-39(50)9-6-10-44(49)58-43-17-14-29(24-51)20-34(43)33-18-19-55-28-45(33)58/h3-23,27-28H,2H2,1H3/b7-3-. The highest BCUT2D eigenvalue weighted by Crippen LogP contribution is 2.62. The number of para-hydroxylation sites is 2. The second-order valence-electron chi connectivity index (χ2n) is 14.6. The summed E-state index contributed by atoms with van der Waals surface area (Å²) in [4.78, 5) is 14.4. The van der Waals surface area contributed by atoms with Crippen LogP contribution in [0.4, 0.5) is 0 Å². The molecular weight excluding hydrogens is 729 g/mol. The lowest BCUT2D eigenvalue weighted by Gasteiger charge is -2.40. The minimum absolute atomic E-state index is 0.530. The van der Waals surface area contributed by atoms with Gasteiger partial charge in [0.05, 0.1) is 97.5 Å². The maximum atomic E-state index is 9.85. The van der Waals surface area contributed by atoms with Crippen molar-refractivity contribution in [1.82, 2.24) is 19.1 Å². The Hall–Kier alpha value is -8.58. The first-order chi connectivity index (χ1) is 29.0. The van der Waals surface area contributed by atoms with Gasteiger partial charge in [-0.2, -0.15) is 15.8 Å². The number of rotatable bonds is 4. The van der Waals surface area contributed by atoms with E-state index in [1.54, 1.807) is 6.20 Å². The van der Waals surface area contributed by atoms with Crippen LogP contribution in [-0.4, -0.2) is 25.8 Å². The minimum atomic E-state index is -0.965. The number of hydrogen-bond acceptors (Lipinski definition) is 7. The molecule has 11 rings (SSSR count). The molecule has 0 N–H and O–H groups in total. The van der Waals surface area contributed by atoms with Crippen molar-refractivity contribution >= 4 is 56.0 Å². The van der Waals surface area contributed by atoms with Gasteiger partial charge in [0.25, 0.3) is 0 Å². The van der Waals surface area contributed by atoms with Gasteiger partial charge in [-0.25, -0.2) is 0 Å². The third-order valence-corrected chi connectivity index (χ3v) is 11.8. The molecule has 274 valence electrons. The van der Waals surface area contributed by atoms with Crippen LogP contribution < -0.4 is 4.74 Å². The molecule has 59 heavy (non-hydrogen) atoms. The first kappa shape index (κ1) is 33.7. The van der Waals surface area contributed by atoms with Crippen LogP contribution in [0.15, 0.2) is 151 Å². The maximum absolute atomic E-state index is 9.85. The molecule has 0 radical (unpaired) electrons. The van der Waals surface area contributed by atoms with E-state index in [1.807, 2.05) is 104 Å². The Balaban J connectivity index is 1.26. The summed E-state index contributed by atoms with van der Waals surface area (Å²) in [6, 6.07) is 42.4. The number of allylic oxidation sites excluding steroid dienone is 3. The molecule has 9 nitrogen and oxygen atoms in total. The highest BCUT2D eigenvalue weighted by Gasteiger charge is 2.53. The lowest BCUT2D eigenvalue weighted by Crippen LogP contribution is -2.33. The molecular formula is C50H28N8O. The molecule has 0 saturated carbocycles. The van der Waals surface area contributed by atoms with Crippen LogP contribution in [0.25, 0.3) is 60.7 Å². The zero-order valence-corrected chi connectivity index (χ0v) is 31.5. The number of nitriles is 3. The number of aliphatic imine (C=N–C) groups is 1. The van der Waals surface area contributed by atoms with E-state index in [0.29, 0.717) is 39.6 Å². The van der Waals surface area contributed by atoms with E-state index in [4.69, 9.17) is 14.7 Å². The summed E-state index contributed by atoms with van der Waals surface area (Å²) in [5.74, 6) is 1.35. The Kier molecular flexibility index (Phi) is 7.13. The first-order valence-electron chi connectivity index (χ1n) is 19.0. The van der Waals surface area contributed by atoms with Gasteiger partial charge in [-0.15, -0.1) is 0 Å². The van der Waals surface area contributed by atoms with Crippen molar-refractivity contribution in [3.63, 3.8) is 0 Å². The number of nitrogens with zero attached hydrogens (tertiary/aromatic N) is 8. The predicted molar refractivity (Wildman–Crippen MR) is 229 cm³/mol. The molecule has 1 aliphatic heterocycles. The van der Waals surface area contributed by atoms with Crippen molar-refractivity contribution in [3.8, 4) is 41.1 Å². The number of hydrogen-bond donors (Lipinski definition) is 0. The molecule has 5 heterocycles. The van der Waals surface area contributed by atoms with Gasteiger partial charge in [0.1, 0.15) is 5.75 Å². The van der Waals surface area contributed by atoms with Crippen LogP contribution in [0.1, 0.15) is 46.0 Å². The predicted octanol–water partition coefficient (Wildman–Crippen LogP) is 10.7. The lowest BCUT2D eigenvalue weighted by atomic mass is 9.65. The normalized spacial score (nSPS) is 15.3. The van der Waals surface area contributed by atoms with Gasteiger partial charge >= 0.3 is 0 Å². The molecule has 1 aliphatic carbocycles. The van der Waals surface area contributed by atoms with E-state index in [9.17, 15) is 15.8 Å². The summed E-state index contributed by atoms with van der Waals surface area (Å²) in [5, 5.41) is 33.2. The van der Waals surface area contributed by atoms with E-state index in [1.165, 1.54) is 0 Å². The molecule has 1 unspecified atom stereocenters. The molecule has 4 aromatic heterocycles. The van der Waals surface area contributed by atoms with Gasteiger partial charge in [-0.1, -0.05) is 42.5 Å².